The molecule has 5 rings (SSSR count). The highest BCUT2D eigenvalue weighted by molar-refractivity contribution is 6.36. The van der Waals surface area contributed by atoms with E-state index in [1.165, 1.54) is 6.07 Å². The van der Waals surface area contributed by atoms with Gasteiger partial charge in [0.1, 0.15) is 17.0 Å². The van der Waals surface area contributed by atoms with Crippen LogP contribution in [0.3, 0.4) is 0 Å². The van der Waals surface area contributed by atoms with Crippen molar-refractivity contribution in [3.63, 3.8) is 0 Å². The minimum Gasteiger partial charge on any atom is -0.507 e. The van der Waals surface area contributed by atoms with Crippen molar-refractivity contribution in [1.29, 1.82) is 0 Å². The van der Waals surface area contributed by atoms with Crippen LogP contribution in [0.4, 0.5) is 5.69 Å². The Kier molecular flexibility index (Phi) is 5.09. The number of aromatic nitrogens is 1. The molecule has 2 aromatic heterocycles. The number of carbonyl (C=O) groups is 1. The van der Waals surface area contributed by atoms with E-state index in [4.69, 9.17) is 32.0 Å². The van der Waals surface area contributed by atoms with E-state index in [-0.39, 0.29) is 17.4 Å². The van der Waals surface area contributed by atoms with Crippen molar-refractivity contribution in [3.8, 4) is 28.5 Å². The average Bonchev–Trinajstić information content (AvgIpc) is 3.41. The predicted octanol–water partition coefficient (Wildman–Crippen LogP) is 7.02. The van der Waals surface area contributed by atoms with Crippen LogP contribution in [0.2, 0.25) is 10.0 Å². The molecule has 32 heavy (non-hydrogen) atoms. The molecule has 0 radical (unpaired) electrons. The van der Waals surface area contributed by atoms with E-state index >= 15 is 0 Å². The zero-order chi connectivity index (χ0) is 22.2. The van der Waals surface area contributed by atoms with Gasteiger partial charge in [0.15, 0.2) is 11.3 Å². The van der Waals surface area contributed by atoms with Crippen LogP contribution in [0.15, 0.2) is 81.6 Å². The summed E-state index contributed by atoms with van der Waals surface area (Å²) in [4.78, 5) is 17.0. The molecule has 0 fully saturated rings. The van der Waals surface area contributed by atoms with Gasteiger partial charge in [-0.3, -0.25) is 4.79 Å². The number of aromatic hydroxyl groups is 1. The van der Waals surface area contributed by atoms with Crippen LogP contribution in [-0.2, 0) is 0 Å². The summed E-state index contributed by atoms with van der Waals surface area (Å²) in [5.74, 6) is 0.259. The Morgan fingerprint density at radius 3 is 2.50 bits per heavy atom. The quantitative estimate of drug-likeness (QED) is 0.298. The number of carbonyl (C=O) groups excluding carboxylic acids is 1. The number of hydrogen-bond donors (Lipinski definition) is 2. The van der Waals surface area contributed by atoms with E-state index in [1.54, 1.807) is 48.5 Å². The Hall–Kier alpha value is -3.74. The lowest BCUT2D eigenvalue weighted by molar-refractivity contribution is 0.0997. The third kappa shape index (κ3) is 3.82. The normalized spacial score (nSPS) is 11.1. The maximum atomic E-state index is 12.6. The van der Waals surface area contributed by atoms with Gasteiger partial charge in [0, 0.05) is 22.3 Å². The van der Waals surface area contributed by atoms with Crippen LogP contribution in [0, 0.1) is 0 Å². The number of benzene rings is 3. The first-order valence-electron chi connectivity index (χ1n) is 9.53. The molecule has 8 heteroatoms. The lowest BCUT2D eigenvalue weighted by Crippen LogP contribution is -2.10. The second-order valence-electron chi connectivity index (χ2n) is 6.96. The first-order chi connectivity index (χ1) is 15.5. The van der Waals surface area contributed by atoms with Crippen LogP contribution < -0.4 is 5.32 Å². The third-order valence-corrected chi connectivity index (χ3v) is 5.35. The van der Waals surface area contributed by atoms with E-state index in [0.717, 1.165) is 0 Å². The van der Waals surface area contributed by atoms with Crippen LogP contribution in [0.1, 0.15) is 10.6 Å². The van der Waals surface area contributed by atoms with Gasteiger partial charge in [-0.1, -0.05) is 35.3 Å². The summed E-state index contributed by atoms with van der Waals surface area (Å²) in [5.41, 5.74) is 2.73. The number of anilines is 1. The second-order valence-corrected chi connectivity index (χ2v) is 7.80. The van der Waals surface area contributed by atoms with Gasteiger partial charge in [-0.05, 0) is 54.6 Å². The molecule has 2 heterocycles. The Labute approximate surface area is 192 Å². The molecule has 0 unspecified atom stereocenters. The largest absolute Gasteiger partial charge is 0.507 e. The highest BCUT2D eigenvalue weighted by Crippen LogP contribution is 2.34. The number of oxazole rings is 1. The number of rotatable bonds is 4. The summed E-state index contributed by atoms with van der Waals surface area (Å²) < 4.78 is 11.3. The van der Waals surface area contributed by atoms with E-state index in [2.05, 4.69) is 10.3 Å². The van der Waals surface area contributed by atoms with Gasteiger partial charge in [-0.2, -0.15) is 0 Å². The highest BCUT2D eigenvalue weighted by atomic mass is 35.5. The van der Waals surface area contributed by atoms with Gasteiger partial charge in [0.2, 0.25) is 5.89 Å². The molecule has 2 N–H and O–H groups in total. The first kappa shape index (κ1) is 20.2. The van der Waals surface area contributed by atoms with E-state index < -0.39 is 5.91 Å². The molecule has 158 valence electrons. The SMILES string of the molecule is O=C(Nc1ccc(-c2nc3ccccc3o2)c(O)c1)c1ccc(-c2ccc(Cl)cc2Cl)o1. The lowest BCUT2D eigenvalue weighted by Gasteiger charge is -2.06. The Morgan fingerprint density at radius 1 is 0.906 bits per heavy atom. The Balaban J connectivity index is 1.36. The number of halogens is 2. The molecule has 0 aliphatic rings. The van der Waals surface area contributed by atoms with Crippen molar-refractivity contribution in [2.24, 2.45) is 0 Å². The fourth-order valence-electron chi connectivity index (χ4n) is 3.26. The van der Waals surface area contributed by atoms with E-state index in [1.807, 2.05) is 18.2 Å². The zero-order valence-corrected chi connectivity index (χ0v) is 17.8. The third-order valence-electron chi connectivity index (χ3n) is 4.81. The number of phenols is 1. The minimum atomic E-state index is -0.477. The Morgan fingerprint density at radius 2 is 1.72 bits per heavy atom. The van der Waals surface area contributed by atoms with E-state index in [0.29, 0.717) is 43.7 Å². The molecule has 6 nitrogen and oxygen atoms in total. The summed E-state index contributed by atoms with van der Waals surface area (Å²) in [7, 11) is 0. The van der Waals surface area contributed by atoms with Crippen molar-refractivity contribution in [2.45, 2.75) is 0 Å². The number of nitrogens with zero attached hydrogens (tertiary/aromatic N) is 1. The molecule has 0 saturated carbocycles. The topological polar surface area (TPSA) is 88.5 Å². The molecular weight excluding hydrogens is 451 g/mol. The molecule has 0 aliphatic carbocycles. The summed E-state index contributed by atoms with van der Waals surface area (Å²) >= 11 is 12.1. The molecule has 1 amide bonds. The van der Waals surface area contributed by atoms with Gasteiger partial charge < -0.3 is 19.3 Å². The van der Waals surface area contributed by atoms with Crippen LogP contribution in [-0.4, -0.2) is 16.0 Å². The molecular formula is C24H14Cl2N2O4. The van der Waals surface area contributed by atoms with Crippen molar-refractivity contribution < 1.29 is 18.7 Å². The molecule has 0 aliphatic heterocycles. The van der Waals surface area contributed by atoms with Crippen LogP contribution in [0.5, 0.6) is 5.75 Å². The number of nitrogens with one attached hydrogen (secondary N) is 1. The fraction of sp³-hybridized carbons (Fsp3) is 0. The zero-order valence-electron chi connectivity index (χ0n) is 16.3. The number of phenolic OH excluding ortho intramolecular Hbond substituents is 1. The summed E-state index contributed by atoms with van der Waals surface area (Å²) in [5, 5.41) is 14.1. The molecule has 0 bridgehead atoms. The molecule has 0 atom stereocenters. The maximum absolute atomic E-state index is 12.6. The lowest BCUT2D eigenvalue weighted by atomic mass is 10.1. The summed E-state index contributed by atoms with van der Waals surface area (Å²) in [6, 6.07) is 20.2. The highest BCUT2D eigenvalue weighted by Gasteiger charge is 2.17. The van der Waals surface area contributed by atoms with Gasteiger partial charge in [0.05, 0.1) is 10.6 Å². The van der Waals surface area contributed by atoms with Crippen LogP contribution in [0.25, 0.3) is 33.9 Å². The molecule has 3 aromatic carbocycles. The van der Waals surface area contributed by atoms with Crippen molar-refractivity contribution >= 4 is 45.9 Å². The predicted molar refractivity (Wildman–Crippen MR) is 123 cm³/mol. The minimum absolute atomic E-state index is 0.0811. The Bertz CT molecular complexity index is 1440. The molecule has 5 aromatic rings. The summed E-state index contributed by atoms with van der Waals surface area (Å²) in [6.07, 6.45) is 0. The number of amides is 1. The van der Waals surface area contributed by atoms with Crippen molar-refractivity contribution in [3.05, 3.63) is 88.6 Å². The number of fused-ring (bicyclic) bond motifs is 1. The monoisotopic (exact) mass is 464 g/mol. The first-order valence-corrected chi connectivity index (χ1v) is 10.3. The standard InChI is InChI=1S/C24H14Cl2N2O4/c25-13-5-7-15(17(26)11-13)20-9-10-22(31-20)23(30)27-14-6-8-16(19(29)12-14)24-28-18-3-1-2-4-21(18)32-24/h1-12,29H,(H,27,30). The van der Waals surface area contributed by atoms with Crippen molar-refractivity contribution in [2.75, 3.05) is 5.32 Å². The number of hydrogen-bond acceptors (Lipinski definition) is 5. The second kappa shape index (κ2) is 8.07. The molecule has 0 spiro atoms. The van der Waals surface area contributed by atoms with E-state index in [9.17, 15) is 9.90 Å². The van der Waals surface area contributed by atoms with Gasteiger partial charge in [-0.15, -0.1) is 0 Å². The average molecular weight is 465 g/mol. The fourth-order valence-corrected chi connectivity index (χ4v) is 3.77. The summed E-state index contributed by atoms with van der Waals surface area (Å²) in [6.45, 7) is 0. The number of furan rings is 1. The van der Waals surface area contributed by atoms with Gasteiger partial charge >= 0.3 is 0 Å². The van der Waals surface area contributed by atoms with Gasteiger partial charge in [0.25, 0.3) is 5.91 Å². The van der Waals surface area contributed by atoms with Gasteiger partial charge in [-0.25, -0.2) is 4.98 Å². The maximum Gasteiger partial charge on any atom is 0.291 e. The number of para-hydroxylation sites is 2. The smallest absolute Gasteiger partial charge is 0.291 e. The van der Waals surface area contributed by atoms with Crippen molar-refractivity contribution in [1.82, 2.24) is 4.98 Å². The molecule has 0 saturated heterocycles. The van der Waals surface area contributed by atoms with Crippen LogP contribution >= 0.6 is 23.2 Å².